The lowest BCUT2D eigenvalue weighted by Gasteiger charge is -2.24. The fraction of sp³-hybridized carbons (Fsp3) is 0.400. The van der Waals surface area contributed by atoms with Crippen molar-refractivity contribution in [1.82, 2.24) is 9.88 Å². The molecule has 0 aliphatic carbocycles. The normalized spacial score (nSPS) is 10.8. The second kappa shape index (κ2) is 8.19. The van der Waals surface area contributed by atoms with E-state index in [2.05, 4.69) is 54.4 Å². The molecule has 0 unspecified atom stereocenters. The summed E-state index contributed by atoms with van der Waals surface area (Å²) >= 11 is 0. The fourth-order valence-electron chi connectivity index (χ4n) is 2.76. The van der Waals surface area contributed by atoms with Gasteiger partial charge in [-0.05, 0) is 38.2 Å². The molecule has 2 rings (SSSR count). The molecule has 1 amide bonds. The molecule has 0 radical (unpaired) electrons. The van der Waals surface area contributed by atoms with E-state index >= 15 is 0 Å². The number of pyridine rings is 1. The number of hydrogen-bond acceptors (Lipinski definition) is 5. The topological polar surface area (TPSA) is 51.7 Å². The largest absolute Gasteiger partial charge is 0.376 e. The molecule has 0 fully saturated rings. The molecule has 1 N–H and O–H groups in total. The Morgan fingerprint density at radius 1 is 1.08 bits per heavy atom. The van der Waals surface area contributed by atoms with Crippen LogP contribution in [0, 0.1) is 6.92 Å². The zero-order valence-electron chi connectivity index (χ0n) is 16.8. The Hall–Kier alpha value is -2.60. The molecule has 6 nitrogen and oxygen atoms in total. The number of nitrogens with one attached hydrogen (secondary N) is 1. The van der Waals surface area contributed by atoms with Crippen LogP contribution in [0.4, 0.5) is 22.9 Å². The Morgan fingerprint density at radius 2 is 1.77 bits per heavy atom. The van der Waals surface area contributed by atoms with Crippen molar-refractivity contribution in [2.75, 3.05) is 50.4 Å². The monoisotopic (exact) mass is 355 g/mol. The molecule has 0 bridgehead atoms. The van der Waals surface area contributed by atoms with Gasteiger partial charge in [-0.2, -0.15) is 0 Å². The minimum atomic E-state index is -0.0251. The lowest BCUT2D eigenvalue weighted by molar-refractivity contribution is -0.116. The van der Waals surface area contributed by atoms with Crippen LogP contribution >= 0.6 is 0 Å². The van der Waals surface area contributed by atoms with E-state index in [1.807, 2.05) is 25.1 Å². The predicted octanol–water partition coefficient (Wildman–Crippen LogP) is 3.24. The molecule has 2 aromatic rings. The van der Waals surface area contributed by atoms with E-state index in [0.717, 1.165) is 29.4 Å². The van der Waals surface area contributed by atoms with Crippen LogP contribution in [0.15, 0.2) is 30.5 Å². The Bertz CT molecular complexity index is 786. The average Bonchev–Trinajstić information content (AvgIpc) is 2.56. The first kappa shape index (κ1) is 19.7. The van der Waals surface area contributed by atoms with Gasteiger partial charge in [0.25, 0.3) is 0 Å². The number of hydrogen-bond donors (Lipinski definition) is 1. The number of rotatable bonds is 6. The van der Waals surface area contributed by atoms with Gasteiger partial charge in [0, 0.05) is 46.4 Å². The van der Waals surface area contributed by atoms with Gasteiger partial charge in [0.1, 0.15) is 5.82 Å². The van der Waals surface area contributed by atoms with Gasteiger partial charge in [-0.25, -0.2) is 4.98 Å². The Morgan fingerprint density at radius 3 is 2.31 bits per heavy atom. The molecule has 26 heavy (non-hydrogen) atoms. The van der Waals surface area contributed by atoms with Gasteiger partial charge in [-0.15, -0.1) is 0 Å². The second-order valence-electron chi connectivity index (χ2n) is 7.04. The van der Waals surface area contributed by atoms with Crippen molar-refractivity contribution < 1.29 is 4.79 Å². The Balaban J connectivity index is 2.30. The molecule has 0 spiro atoms. The summed E-state index contributed by atoms with van der Waals surface area (Å²) in [5, 5.41) is 3.39. The molecule has 0 aliphatic rings. The predicted molar refractivity (Wildman–Crippen MR) is 110 cm³/mol. The third-order valence-electron chi connectivity index (χ3n) is 4.23. The van der Waals surface area contributed by atoms with Gasteiger partial charge in [-0.1, -0.05) is 12.1 Å². The van der Waals surface area contributed by atoms with E-state index in [4.69, 9.17) is 0 Å². The molecular formula is C20H29N5O. The summed E-state index contributed by atoms with van der Waals surface area (Å²) in [6.45, 7) is 4.55. The highest BCUT2D eigenvalue weighted by Crippen LogP contribution is 2.30. The van der Waals surface area contributed by atoms with Crippen LogP contribution in [0.5, 0.6) is 0 Å². The maximum atomic E-state index is 11.7. The summed E-state index contributed by atoms with van der Waals surface area (Å²) in [6.07, 6.45) is 1.73. The first-order valence-electron chi connectivity index (χ1n) is 8.62. The van der Waals surface area contributed by atoms with Crippen molar-refractivity contribution in [3.8, 4) is 0 Å². The van der Waals surface area contributed by atoms with Gasteiger partial charge in [0.05, 0.1) is 17.6 Å². The quantitative estimate of drug-likeness (QED) is 0.862. The third-order valence-corrected chi connectivity index (χ3v) is 4.23. The number of aryl methyl sites for hydroxylation is 1. The molecule has 1 aromatic carbocycles. The molecule has 1 aromatic heterocycles. The minimum Gasteiger partial charge on any atom is -0.376 e. The van der Waals surface area contributed by atoms with Crippen molar-refractivity contribution in [3.63, 3.8) is 0 Å². The van der Waals surface area contributed by atoms with E-state index in [1.165, 1.54) is 11.1 Å². The van der Waals surface area contributed by atoms with Crippen LogP contribution in [0.2, 0.25) is 0 Å². The maximum Gasteiger partial charge on any atom is 0.223 e. The average molecular weight is 355 g/mol. The summed E-state index contributed by atoms with van der Waals surface area (Å²) in [4.78, 5) is 21.9. The minimum absolute atomic E-state index is 0.0251. The van der Waals surface area contributed by atoms with Crippen LogP contribution in [0.1, 0.15) is 18.1 Å². The van der Waals surface area contributed by atoms with Crippen molar-refractivity contribution in [1.29, 1.82) is 0 Å². The van der Waals surface area contributed by atoms with Crippen molar-refractivity contribution in [2.45, 2.75) is 20.4 Å². The van der Waals surface area contributed by atoms with E-state index in [9.17, 15) is 4.79 Å². The smallest absolute Gasteiger partial charge is 0.223 e. The third kappa shape index (κ3) is 4.73. The first-order valence-corrected chi connectivity index (χ1v) is 8.62. The number of nitrogens with zero attached hydrogens (tertiary/aromatic N) is 4. The zero-order valence-corrected chi connectivity index (χ0v) is 16.8. The van der Waals surface area contributed by atoms with Gasteiger partial charge in [0.2, 0.25) is 5.91 Å². The number of aromatic nitrogens is 1. The van der Waals surface area contributed by atoms with Crippen LogP contribution in [0.25, 0.3) is 0 Å². The molecule has 0 saturated carbocycles. The van der Waals surface area contributed by atoms with Gasteiger partial charge < -0.3 is 20.0 Å². The standard InChI is InChI=1S/C20H29N5O/c1-14-10-16(13-23(3)4)8-9-17(14)22-20-11-18(24(5)6)19(12-21-20)25(7)15(2)26/h8-12H,13H2,1-7H3,(H,21,22). The van der Waals surface area contributed by atoms with Crippen molar-refractivity contribution >= 4 is 28.8 Å². The fourth-order valence-corrected chi connectivity index (χ4v) is 2.76. The number of carbonyl (C=O) groups is 1. The lowest BCUT2D eigenvalue weighted by Crippen LogP contribution is -2.25. The summed E-state index contributed by atoms with van der Waals surface area (Å²) in [5.74, 6) is 0.723. The van der Waals surface area contributed by atoms with Gasteiger partial charge >= 0.3 is 0 Å². The molecule has 140 valence electrons. The highest BCUT2D eigenvalue weighted by molar-refractivity contribution is 5.95. The maximum absolute atomic E-state index is 11.7. The van der Waals surface area contributed by atoms with E-state index in [1.54, 1.807) is 25.1 Å². The SMILES string of the molecule is CC(=O)N(C)c1cnc(Nc2ccc(CN(C)C)cc2C)cc1N(C)C. The molecular weight excluding hydrogens is 326 g/mol. The number of amides is 1. The molecule has 0 atom stereocenters. The van der Waals surface area contributed by atoms with Gasteiger partial charge in [0.15, 0.2) is 0 Å². The van der Waals surface area contributed by atoms with Crippen LogP contribution < -0.4 is 15.1 Å². The van der Waals surface area contributed by atoms with E-state index < -0.39 is 0 Å². The number of anilines is 4. The highest BCUT2D eigenvalue weighted by atomic mass is 16.2. The highest BCUT2D eigenvalue weighted by Gasteiger charge is 2.14. The second-order valence-corrected chi connectivity index (χ2v) is 7.04. The molecule has 0 aliphatic heterocycles. The Kier molecular flexibility index (Phi) is 6.21. The van der Waals surface area contributed by atoms with E-state index in [0.29, 0.717) is 0 Å². The molecule has 0 saturated heterocycles. The summed E-state index contributed by atoms with van der Waals surface area (Å²) in [5.41, 5.74) is 5.19. The van der Waals surface area contributed by atoms with Crippen LogP contribution in [0.3, 0.4) is 0 Å². The molecule has 1 heterocycles. The van der Waals surface area contributed by atoms with E-state index in [-0.39, 0.29) is 5.91 Å². The molecule has 6 heteroatoms. The summed E-state index contributed by atoms with van der Waals surface area (Å²) < 4.78 is 0. The number of benzene rings is 1. The first-order chi connectivity index (χ1) is 12.2. The van der Waals surface area contributed by atoms with Gasteiger partial charge in [-0.3, -0.25) is 4.79 Å². The van der Waals surface area contributed by atoms with Crippen molar-refractivity contribution in [2.24, 2.45) is 0 Å². The Labute approximate surface area is 156 Å². The lowest BCUT2D eigenvalue weighted by atomic mass is 10.1. The number of carbonyl (C=O) groups excluding carboxylic acids is 1. The van der Waals surface area contributed by atoms with Crippen molar-refractivity contribution in [3.05, 3.63) is 41.6 Å². The van der Waals surface area contributed by atoms with Crippen LogP contribution in [-0.2, 0) is 11.3 Å². The summed E-state index contributed by atoms with van der Waals surface area (Å²) in [6, 6.07) is 8.36. The zero-order chi connectivity index (χ0) is 19.4. The van der Waals surface area contributed by atoms with Crippen LogP contribution in [-0.4, -0.2) is 51.0 Å². The summed E-state index contributed by atoms with van der Waals surface area (Å²) in [7, 11) is 9.80.